The van der Waals surface area contributed by atoms with Gasteiger partial charge in [-0.05, 0) is 36.9 Å². The molecule has 0 atom stereocenters. The Morgan fingerprint density at radius 1 is 0.795 bits per heavy atom. The summed E-state index contributed by atoms with van der Waals surface area (Å²) in [6.07, 6.45) is 0.706. The van der Waals surface area contributed by atoms with Gasteiger partial charge in [0.15, 0.2) is 5.71 Å². The van der Waals surface area contributed by atoms with E-state index in [2.05, 4.69) is 91.9 Å². The molecule has 6 rings (SSSR count). The second kappa shape index (κ2) is 9.62. The molecule has 3 nitrogen and oxygen atoms in total. The van der Waals surface area contributed by atoms with Gasteiger partial charge in [-0.2, -0.15) is 0 Å². The van der Waals surface area contributed by atoms with Gasteiger partial charge in [-0.15, -0.1) is 5.73 Å². The molecule has 3 heteroatoms. The summed E-state index contributed by atoms with van der Waals surface area (Å²) in [5.41, 5.74) is 13.2. The smallest absolute Gasteiger partial charge is 0.209 e. The summed E-state index contributed by atoms with van der Waals surface area (Å²) < 4.78 is 4.08. The molecule has 0 saturated heterocycles. The summed E-state index contributed by atoms with van der Waals surface area (Å²) in [5, 5.41) is 14.7. The molecule has 0 radical (unpaired) electrons. The molecule has 0 N–H and O–H groups in total. The molecule has 0 unspecified atom stereocenters. The molecule has 192 valence electrons. The molecule has 1 aliphatic heterocycles. The molecule has 0 saturated carbocycles. The van der Waals surface area contributed by atoms with Crippen LogP contribution in [-0.2, 0) is 12.5 Å². The molecule has 0 bridgehead atoms. The van der Waals surface area contributed by atoms with Gasteiger partial charge in [-0.1, -0.05) is 97.1 Å². The van der Waals surface area contributed by atoms with Crippen LogP contribution in [0, 0.1) is 0 Å². The topological polar surface area (TPSA) is 31.0 Å². The maximum atomic E-state index is 13.7. The Morgan fingerprint density at radius 3 is 2.08 bits per heavy atom. The SMILES string of the molecule is Cn1c([O-])c(C(=C=C(CC2=[N+](C)c3ccccc3C2(C)C)c2ccccc2)c2ccccc2)c2ccccc21. The third kappa shape index (κ3) is 4.12. The van der Waals surface area contributed by atoms with Gasteiger partial charge in [-0.25, -0.2) is 4.58 Å². The van der Waals surface area contributed by atoms with Gasteiger partial charge in [0, 0.05) is 46.3 Å². The Labute approximate surface area is 230 Å². The zero-order valence-corrected chi connectivity index (χ0v) is 22.9. The zero-order chi connectivity index (χ0) is 27.1. The van der Waals surface area contributed by atoms with Crippen molar-refractivity contribution in [2.45, 2.75) is 25.7 Å². The second-order valence-corrected chi connectivity index (χ2v) is 10.8. The van der Waals surface area contributed by atoms with Crippen LogP contribution >= 0.6 is 0 Å². The molecule has 39 heavy (non-hydrogen) atoms. The van der Waals surface area contributed by atoms with Gasteiger partial charge in [0.05, 0.1) is 11.8 Å². The van der Waals surface area contributed by atoms with Crippen LogP contribution in [0.5, 0.6) is 5.88 Å². The lowest BCUT2D eigenvalue weighted by molar-refractivity contribution is -0.403. The van der Waals surface area contributed by atoms with Gasteiger partial charge >= 0.3 is 0 Å². The largest absolute Gasteiger partial charge is 0.860 e. The highest BCUT2D eigenvalue weighted by Crippen LogP contribution is 2.42. The molecular weight excluding hydrogens is 476 g/mol. The van der Waals surface area contributed by atoms with Crippen LogP contribution in [0.1, 0.15) is 42.5 Å². The monoisotopic (exact) mass is 508 g/mol. The fraction of sp³-hybridized carbons (Fsp3) is 0.167. The van der Waals surface area contributed by atoms with E-state index in [1.165, 1.54) is 17.0 Å². The van der Waals surface area contributed by atoms with Crippen molar-refractivity contribution < 1.29 is 9.68 Å². The highest BCUT2D eigenvalue weighted by Gasteiger charge is 2.44. The molecule has 2 heterocycles. The Kier molecular flexibility index (Phi) is 6.10. The van der Waals surface area contributed by atoms with Gasteiger partial charge in [0.25, 0.3) is 0 Å². The van der Waals surface area contributed by atoms with Crippen molar-refractivity contribution >= 4 is 33.4 Å². The first-order valence-electron chi connectivity index (χ1n) is 13.4. The lowest BCUT2D eigenvalue weighted by atomic mass is 9.78. The summed E-state index contributed by atoms with van der Waals surface area (Å²) in [6, 6.07) is 37.3. The lowest BCUT2D eigenvalue weighted by Crippen LogP contribution is -2.28. The first kappa shape index (κ1) is 24.7. The average molecular weight is 509 g/mol. The van der Waals surface area contributed by atoms with Crippen molar-refractivity contribution in [2.24, 2.45) is 7.05 Å². The third-order valence-corrected chi connectivity index (χ3v) is 8.17. The number of aromatic nitrogens is 1. The Bertz CT molecular complexity index is 1800. The predicted molar refractivity (Wildman–Crippen MR) is 160 cm³/mol. The summed E-state index contributed by atoms with van der Waals surface area (Å²) in [4.78, 5) is 0. The first-order chi connectivity index (χ1) is 18.9. The van der Waals surface area contributed by atoms with E-state index in [0.717, 1.165) is 33.2 Å². The third-order valence-electron chi connectivity index (χ3n) is 8.17. The van der Waals surface area contributed by atoms with Crippen LogP contribution in [0.15, 0.2) is 115 Å². The number of hydrogen-bond acceptors (Lipinski definition) is 1. The van der Waals surface area contributed by atoms with E-state index in [0.29, 0.717) is 12.0 Å². The number of fused-ring (bicyclic) bond motifs is 2. The van der Waals surface area contributed by atoms with Gasteiger partial charge in [0.1, 0.15) is 7.05 Å². The van der Waals surface area contributed by atoms with E-state index < -0.39 is 0 Å². The minimum Gasteiger partial charge on any atom is -0.860 e. The molecule has 1 aromatic heterocycles. The van der Waals surface area contributed by atoms with E-state index in [1.807, 2.05) is 55.6 Å². The number of benzene rings is 4. The van der Waals surface area contributed by atoms with E-state index in [1.54, 1.807) is 4.57 Å². The van der Waals surface area contributed by atoms with Crippen molar-refractivity contribution in [3.8, 4) is 5.88 Å². The molecule has 0 aliphatic carbocycles. The second-order valence-electron chi connectivity index (χ2n) is 10.8. The fourth-order valence-electron chi connectivity index (χ4n) is 6.03. The van der Waals surface area contributed by atoms with Crippen molar-refractivity contribution in [2.75, 3.05) is 7.05 Å². The Balaban J connectivity index is 1.67. The molecule has 0 spiro atoms. The van der Waals surface area contributed by atoms with Crippen LogP contribution in [0.25, 0.3) is 22.0 Å². The lowest BCUT2D eigenvalue weighted by Gasteiger charge is -2.19. The molecular formula is C36H32N2O. The number of hydrogen-bond donors (Lipinski definition) is 0. The minimum absolute atomic E-state index is 0.00617. The summed E-state index contributed by atoms with van der Waals surface area (Å²) in [7, 11) is 4.01. The molecule has 0 amide bonds. The summed E-state index contributed by atoms with van der Waals surface area (Å²) in [6.45, 7) is 4.60. The van der Waals surface area contributed by atoms with Crippen molar-refractivity contribution in [3.05, 3.63) is 137 Å². The fourth-order valence-corrected chi connectivity index (χ4v) is 6.03. The average Bonchev–Trinajstić information content (AvgIpc) is 3.33. The number of para-hydroxylation sites is 2. The number of aryl methyl sites for hydroxylation is 1. The quantitative estimate of drug-likeness (QED) is 0.179. The minimum atomic E-state index is -0.136. The van der Waals surface area contributed by atoms with E-state index in [4.69, 9.17) is 0 Å². The predicted octanol–water partition coefficient (Wildman–Crippen LogP) is 7.46. The van der Waals surface area contributed by atoms with E-state index in [9.17, 15) is 5.11 Å². The van der Waals surface area contributed by atoms with E-state index in [-0.39, 0.29) is 11.3 Å². The summed E-state index contributed by atoms with van der Waals surface area (Å²) in [5.74, 6) is -0.00617. The normalized spacial score (nSPS) is 13.8. The highest BCUT2D eigenvalue weighted by molar-refractivity contribution is 6.04. The molecule has 5 aromatic rings. The highest BCUT2D eigenvalue weighted by atomic mass is 16.3. The van der Waals surface area contributed by atoms with Crippen LogP contribution < -0.4 is 5.11 Å². The molecule has 1 aliphatic rings. The van der Waals surface area contributed by atoms with Crippen LogP contribution in [0.2, 0.25) is 0 Å². The number of allylic oxidation sites excluding steroid dienone is 1. The Hall–Kier alpha value is -4.59. The van der Waals surface area contributed by atoms with E-state index >= 15 is 0 Å². The van der Waals surface area contributed by atoms with Crippen molar-refractivity contribution in [3.63, 3.8) is 0 Å². The standard InChI is InChI=1S/C36H32N2O/c1-36(2)30-20-12-14-22-32(30)37(3)33(36)24-27(25-15-7-5-8-16-25)23-29(26-17-9-6-10-18-26)34-28-19-11-13-21-31(28)38(4)35(34)39/h5-22H,24H2,1-4H3. The van der Waals surface area contributed by atoms with Gasteiger partial charge < -0.3 is 9.67 Å². The molecule has 0 fully saturated rings. The van der Waals surface area contributed by atoms with Crippen molar-refractivity contribution in [1.82, 2.24) is 4.57 Å². The van der Waals surface area contributed by atoms with Gasteiger partial charge in [0.2, 0.25) is 5.69 Å². The maximum Gasteiger partial charge on any atom is 0.209 e. The molecule has 4 aromatic carbocycles. The van der Waals surface area contributed by atoms with Crippen LogP contribution in [0.3, 0.4) is 0 Å². The Morgan fingerprint density at radius 2 is 1.38 bits per heavy atom. The number of nitrogens with zero attached hydrogens (tertiary/aromatic N) is 2. The van der Waals surface area contributed by atoms with Crippen LogP contribution in [0.4, 0.5) is 5.69 Å². The summed E-state index contributed by atoms with van der Waals surface area (Å²) >= 11 is 0. The first-order valence-corrected chi connectivity index (χ1v) is 13.4. The maximum absolute atomic E-state index is 13.7. The van der Waals surface area contributed by atoms with Crippen LogP contribution in [-0.4, -0.2) is 21.9 Å². The zero-order valence-electron chi connectivity index (χ0n) is 22.9. The van der Waals surface area contributed by atoms with Gasteiger partial charge in [-0.3, -0.25) is 0 Å². The number of rotatable bonds is 5. The van der Waals surface area contributed by atoms with Crippen molar-refractivity contribution in [1.29, 1.82) is 0 Å².